The summed E-state index contributed by atoms with van der Waals surface area (Å²) in [5.74, 6) is 0. The molecule has 280 valence electrons. The summed E-state index contributed by atoms with van der Waals surface area (Å²) in [6, 6.07) is 0. The standard InChI is InChI=1S/C16H33N3O23P6/c1-11-9-19(16(22)18-15(11)21)14-8-12(20)13(37-14)10-36-44(25,26)39-46(29,30)41-48(33,34)42-47(31,32)40-45(27,28)38-43(23,24)35-7-5-3-2-4-6-17/h9,12-14,20H,2-8,10,17H2,1H3,(H,23,24)(H,25,26)(H,27,28)(H,29,30)(H,31,32)(H,33,34)(H,18,21,22)/t12-,13+,14+/m0/s1. The Morgan fingerprint density at radius 2 is 1.25 bits per heavy atom. The van der Waals surface area contributed by atoms with Crippen LogP contribution in [0.1, 0.15) is 43.9 Å². The molecule has 0 radical (unpaired) electrons. The minimum atomic E-state index is -6.44. The number of phosphoric acid groups is 6. The summed E-state index contributed by atoms with van der Waals surface area (Å²) in [7, 11) is -36.5. The molecule has 0 bridgehead atoms. The fourth-order valence-electron chi connectivity index (χ4n) is 3.54. The fraction of sp³-hybridized carbons (Fsp3) is 0.750. The molecule has 48 heavy (non-hydrogen) atoms. The number of rotatable bonds is 21. The highest BCUT2D eigenvalue weighted by Crippen LogP contribution is 2.75. The Hall–Kier alpha value is -0.580. The lowest BCUT2D eigenvalue weighted by atomic mass is 10.2. The Balaban J connectivity index is 1.94. The number of aliphatic hydroxyl groups excluding tert-OH is 1. The zero-order valence-corrected chi connectivity index (χ0v) is 29.7. The smallest absolute Gasteiger partial charge is 0.390 e. The quantitative estimate of drug-likeness (QED) is 0.0609. The van der Waals surface area contributed by atoms with Gasteiger partial charge in [0.25, 0.3) is 5.56 Å². The maximum absolute atomic E-state index is 12.2. The third kappa shape index (κ3) is 15.3. The minimum Gasteiger partial charge on any atom is -0.390 e. The number of unbranched alkanes of at least 4 members (excludes halogenated alkanes) is 3. The molecule has 32 heteroatoms. The van der Waals surface area contributed by atoms with Crippen LogP contribution in [-0.4, -0.2) is 76.0 Å². The minimum absolute atomic E-state index is 0.0914. The highest BCUT2D eigenvalue weighted by Gasteiger charge is 2.50. The molecule has 0 spiro atoms. The van der Waals surface area contributed by atoms with Crippen LogP contribution in [0.4, 0.5) is 0 Å². The van der Waals surface area contributed by atoms with Crippen molar-refractivity contribution in [2.45, 2.75) is 57.5 Å². The van der Waals surface area contributed by atoms with E-state index in [4.69, 9.17) is 10.5 Å². The Bertz CT molecular complexity index is 1680. The Labute approximate surface area is 269 Å². The Kier molecular flexibility index (Phi) is 15.7. The molecule has 10 N–H and O–H groups in total. The molecular weight excluding hydrogens is 788 g/mol. The van der Waals surface area contributed by atoms with Gasteiger partial charge in [-0.3, -0.25) is 23.4 Å². The number of hydrogen-bond donors (Lipinski definition) is 9. The van der Waals surface area contributed by atoms with Crippen LogP contribution in [0, 0.1) is 6.92 Å². The van der Waals surface area contributed by atoms with E-state index in [1.165, 1.54) is 6.92 Å². The molecule has 1 aromatic rings. The number of aromatic nitrogens is 2. The number of hydrogen-bond acceptors (Lipinski definition) is 18. The van der Waals surface area contributed by atoms with E-state index in [0.29, 0.717) is 25.8 Å². The molecule has 1 saturated heterocycles. The first-order valence-electron chi connectivity index (χ1n) is 12.9. The molecule has 0 aromatic carbocycles. The third-order valence-corrected chi connectivity index (χ3v) is 14.7. The SMILES string of the molecule is Cc1cn([C@H]2C[C@H](O)[C@@H](COP(=O)(O)OP(=O)(O)OP(=O)(O)OP(=O)(O)OP(=O)(O)OP(=O)(O)OCCCCCCN)O2)c(=O)[nH]c1=O. The highest BCUT2D eigenvalue weighted by atomic mass is 31.3. The summed E-state index contributed by atoms with van der Waals surface area (Å²) in [6.07, 6.45) is -1.54. The van der Waals surface area contributed by atoms with Gasteiger partial charge in [0.2, 0.25) is 0 Å². The molecule has 0 aliphatic carbocycles. The molecule has 0 saturated carbocycles. The molecule has 2 rings (SSSR count). The first-order valence-corrected chi connectivity index (χ1v) is 21.9. The second-order valence-corrected chi connectivity index (χ2v) is 18.9. The molecule has 9 atom stereocenters. The predicted octanol–water partition coefficient (Wildman–Crippen LogP) is 0.731. The van der Waals surface area contributed by atoms with E-state index < -0.39 is 89.8 Å². The van der Waals surface area contributed by atoms with Gasteiger partial charge < -0.3 is 44.9 Å². The van der Waals surface area contributed by atoms with Crippen LogP contribution >= 0.6 is 46.9 Å². The first kappa shape index (κ1) is 43.6. The van der Waals surface area contributed by atoms with E-state index in [0.717, 1.165) is 10.8 Å². The Morgan fingerprint density at radius 3 is 1.75 bits per heavy atom. The van der Waals surface area contributed by atoms with Crippen molar-refractivity contribution in [1.29, 1.82) is 0 Å². The maximum atomic E-state index is 12.2. The fourth-order valence-corrected chi connectivity index (χ4v) is 11.4. The van der Waals surface area contributed by atoms with Gasteiger partial charge in [-0.05, 0) is 26.3 Å². The van der Waals surface area contributed by atoms with Gasteiger partial charge in [0, 0.05) is 18.2 Å². The number of aliphatic hydroxyl groups is 1. The van der Waals surface area contributed by atoms with Gasteiger partial charge in [-0.1, -0.05) is 12.8 Å². The number of nitrogens with one attached hydrogen (secondary N) is 1. The van der Waals surface area contributed by atoms with E-state index in [1.54, 1.807) is 0 Å². The predicted molar refractivity (Wildman–Crippen MR) is 154 cm³/mol. The van der Waals surface area contributed by atoms with Gasteiger partial charge >= 0.3 is 52.6 Å². The van der Waals surface area contributed by atoms with Gasteiger partial charge in [0.1, 0.15) is 12.3 Å². The van der Waals surface area contributed by atoms with Crippen molar-refractivity contribution in [3.63, 3.8) is 0 Å². The van der Waals surface area contributed by atoms with Gasteiger partial charge in [-0.25, -0.2) is 32.2 Å². The molecule has 1 aliphatic heterocycles. The van der Waals surface area contributed by atoms with Crippen molar-refractivity contribution >= 4 is 46.9 Å². The van der Waals surface area contributed by atoms with Crippen LogP contribution in [0.25, 0.3) is 0 Å². The summed E-state index contributed by atoms with van der Waals surface area (Å²) in [5, 5.41) is 10.2. The van der Waals surface area contributed by atoms with Crippen LogP contribution in [-0.2, 0) is 62.7 Å². The lowest BCUT2D eigenvalue weighted by Crippen LogP contribution is -2.33. The monoisotopic (exact) mass is 821 g/mol. The van der Waals surface area contributed by atoms with Crippen molar-refractivity contribution in [2.24, 2.45) is 5.73 Å². The summed E-state index contributed by atoms with van der Waals surface area (Å²) in [4.78, 5) is 83.1. The second kappa shape index (κ2) is 17.3. The van der Waals surface area contributed by atoms with Crippen molar-refractivity contribution in [3.8, 4) is 0 Å². The van der Waals surface area contributed by atoms with Crippen LogP contribution in [0.2, 0.25) is 0 Å². The molecule has 1 aromatic heterocycles. The van der Waals surface area contributed by atoms with Crippen molar-refractivity contribution in [3.05, 3.63) is 32.6 Å². The van der Waals surface area contributed by atoms with Crippen molar-refractivity contribution < 1.29 is 97.2 Å². The number of aromatic amines is 1. The van der Waals surface area contributed by atoms with Crippen LogP contribution in [0.5, 0.6) is 0 Å². The summed E-state index contributed by atoms with van der Waals surface area (Å²) in [5.41, 5.74) is 3.77. The van der Waals surface area contributed by atoms with E-state index >= 15 is 0 Å². The van der Waals surface area contributed by atoms with E-state index in [9.17, 15) is 71.4 Å². The third-order valence-electron chi connectivity index (χ3n) is 5.45. The average molecular weight is 821 g/mol. The number of nitrogens with zero attached hydrogens (tertiary/aromatic N) is 1. The number of ether oxygens (including phenoxy) is 1. The summed E-state index contributed by atoms with van der Waals surface area (Å²) in [6.45, 7) is 0.160. The zero-order chi connectivity index (χ0) is 36.8. The molecule has 26 nitrogen and oxygen atoms in total. The Morgan fingerprint density at radius 1 is 0.792 bits per heavy atom. The van der Waals surface area contributed by atoms with E-state index in [2.05, 4.69) is 30.6 Å². The van der Waals surface area contributed by atoms with Crippen molar-refractivity contribution in [1.82, 2.24) is 9.55 Å². The number of nitrogens with two attached hydrogens (primary N) is 1. The molecule has 6 unspecified atom stereocenters. The van der Waals surface area contributed by atoms with Crippen LogP contribution in [0.3, 0.4) is 0 Å². The summed E-state index contributed by atoms with van der Waals surface area (Å²) >= 11 is 0. The average Bonchev–Trinajstić information content (AvgIpc) is 3.23. The normalized spacial score (nSPS) is 26.0. The maximum Gasteiger partial charge on any atom is 0.490 e. The molecular formula is C16H33N3O23P6. The van der Waals surface area contributed by atoms with Gasteiger partial charge in [0.15, 0.2) is 0 Å². The molecule has 1 fully saturated rings. The van der Waals surface area contributed by atoms with Gasteiger partial charge in [-0.15, -0.1) is 0 Å². The topological polar surface area (TPSA) is 399 Å². The highest BCUT2D eigenvalue weighted by molar-refractivity contribution is 7.72. The lowest BCUT2D eigenvalue weighted by Gasteiger charge is -2.21. The van der Waals surface area contributed by atoms with Gasteiger partial charge in [0.05, 0.1) is 19.3 Å². The van der Waals surface area contributed by atoms with E-state index in [1.807, 2.05) is 4.98 Å². The van der Waals surface area contributed by atoms with Crippen LogP contribution in [0.15, 0.2) is 15.8 Å². The largest absolute Gasteiger partial charge is 0.490 e. The molecule has 0 amide bonds. The molecule has 1 aliphatic rings. The number of aryl methyl sites for hydroxylation is 1. The van der Waals surface area contributed by atoms with Gasteiger partial charge in [-0.2, -0.15) is 21.6 Å². The van der Waals surface area contributed by atoms with Crippen molar-refractivity contribution in [2.75, 3.05) is 19.8 Å². The second-order valence-electron chi connectivity index (χ2n) is 9.46. The molecule has 2 heterocycles. The number of H-pyrrole nitrogens is 1. The van der Waals surface area contributed by atoms with Crippen LogP contribution < -0.4 is 17.0 Å². The lowest BCUT2D eigenvalue weighted by molar-refractivity contribution is -0.0450. The number of phosphoric ester groups is 2. The van der Waals surface area contributed by atoms with E-state index in [-0.39, 0.29) is 18.4 Å². The first-order chi connectivity index (χ1) is 21.8. The zero-order valence-electron chi connectivity index (χ0n) is 24.3. The summed E-state index contributed by atoms with van der Waals surface area (Å²) < 4.78 is 105.